The van der Waals surface area contributed by atoms with Crippen LogP contribution in [0.15, 0.2) is 48.5 Å². The lowest BCUT2D eigenvalue weighted by Gasteiger charge is -2.09. The summed E-state index contributed by atoms with van der Waals surface area (Å²) in [4.78, 5) is 23.7. The molecule has 0 saturated heterocycles. The number of ether oxygens (including phenoxy) is 1. The van der Waals surface area contributed by atoms with Crippen LogP contribution in [-0.4, -0.2) is 25.0 Å². The van der Waals surface area contributed by atoms with E-state index >= 15 is 0 Å². The van der Waals surface area contributed by atoms with Crippen LogP contribution in [0.25, 0.3) is 0 Å². The lowest BCUT2D eigenvalue weighted by molar-refractivity contribution is -0.136. The Bertz CT molecular complexity index is 735. The summed E-state index contributed by atoms with van der Waals surface area (Å²) in [5.41, 5.74) is 1.27. The standard InChI is InChI=1S/C20H23FN2O3/c1-2-3-13-26-18-10-9-16(14-17(18)21)23-20(25)19(24)22-12-11-15-7-5-4-6-8-15/h4-10,14H,2-3,11-13H2,1H3,(H,22,24)(H,23,25). The second-order valence-corrected chi connectivity index (χ2v) is 5.79. The van der Waals surface area contributed by atoms with Crippen molar-refractivity contribution in [1.82, 2.24) is 5.32 Å². The zero-order valence-corrected chi connectivity index (χ0v) is 14.8. The Morgan fingerprint density at radius 3 is 2.54 bits per heavy atom. The van der Waals surface area contributed by atoms with Crippen molar-refractivity contribution >= 4 is 17.5 Å². The molecule has 0 aliphatic carbocycles. The van der Waals surface area contributed by atoms with Crippen LogP contribution in [-0.2, 0) is 16.0 Å². The molecule has 0 heterocycles. The monoisotopic (exact) mass is 358 g/mol. The van der Waals surface area contributed by atoms with Crippen LogP contribution in [0, 0.1) is 5.82 Å². The van der Waals surface area contributed by atoms with Crippen molar-refractivity contribution < 1.29 is 18.7 Å². The number of hydrogen-bond acceptors (Lipinski definition) is 3. The number of anilines is 1. The van der Waals surface area contributed by atoms with Crippen molar-refractivity contribution in [3.05, 3.63) is 59.9 Å². The molecule has 2 aromatic carbocycles. The van der Waals surface area contributed by atoms with Gasteiger partial charge >= 0.3 is 11.8 Å². The van der Waals surface area contributed by atoms with Crippen LogP contribution in [0.2, 0.25) is 0 Å². The highest BCUT2D eigenvalue weighted by Gasteiger charge is 2.14. The highest BCUT2D eigenvalue weighted by molar-refractivity contribution is 6.39. The molecule has 0 spiro atoms. The third kappa shape index (κ3) is 6.20. The number of benzene rings is 2. The maximum atomic E-state index is 13.9. The molecule has 6 heteroatoms. The van der Waals surface area contributed by atoms with Crippen molar-refractivity contribution in [3.63, 3.8) is 0 Å². The molecular weight excluding hydrogens is 335 g/mol. The Morgan fingerprint density at radius 1 is 1.08 bits per heavy atom. The topological polar surface area (TPSA) is 67.4 Å². The van der Waals surface area contributed by atoms with Gasteiger partial charge < -0.3 is 15.4 Å². The van der Waals surface area contributed by atoms with E-state index in [0.717, 1.165) is 24.5 Å². The van der Waals surface area contributed by atoms with E-state index in [4.69, 9.17) is 4.74 Å². The van der Waals surface area contributed by atoms with Gasteiger partial charge in [0.05, 0.1) is 6.61 Å². The maximum Gasteiger partial charge on any atom is 0.313 e. The van der Waals surface area contributed by atoms with Gasteiger partial charge in [-0.2, -0.15) is 0 Å². The van der Waals surface area contributed by atoms with E-state index < -0.39 is 17.6 Å². The molecule has 2 aromatic rings. The number of carbonyl (C=O) groups is 2. The van der Waals surface area contributed by atoms with E-state index in [1.54, 1.807) is 0 Å². The van der Waals surface area contributed by atoms with E-state index in [2.05, 4.69) is 10.6 Å². The van der Waals surface area contributed by atoms with Gasteiger partial charge in [0.15, 0.2) is 11.6 Å². The first-order valence-electron chi connectivity index (χ1n) is 8.65. The van der Waals surface area contributed by atoms with Gasteiger partial charge in [0.1, 0.15) is 0 Å². The van der Waals surface area contributed by atoms with Crippen molar-refractivity contribution in [1.29, 1.82) is 0 Å². The lowest BCUT2D eigenvalue weighted by Crippen LogP contribution is -2.36. The van der Waals surface area contributed by atoms with E-state index in [1.807, 2.05) is 37.3 Å². The normalized spacial score (nSPS) is 10.2. The van der Waals surface area contributed by atoms with Crippen LogP contribution in [0.5, 0.6) is 5.75 Å². The third-order valence-electron chi connectivity index (χ3n) is 3.69. The first-order chi connectivity index (χ1) is 12.6. The highest BCUT2D eigenvalue weighted by atomic mass is 19.1. The van der Waals surface area contributed by atoms with Gasteiger partial charge in [0.25, 0.3) is 0 Å². The number of amides is 2. The molecule has 0 atom stereocenters. The molecular formula is C20H23FN2O3. The largest absolute Gasteiger partial charge is 0.491 e. The molecule has 138 valence electrons. The first-order valence-corrected chi connectivity index (χ1v) is 8.65. The number of rotatable bonds is 8. The average molecular weight is 358 g/mol. The van der Waals surface area contributed by atoms with Crippen molar-refractivity contribution in [2.24, 2.45) is 0 Å². The summed E-state index contributed by atoms with van der Waals surface area (Å²) in [5, 5.41) is 4.92. The molecule has 0 aliphatic rings. The fraction of sp³-hybridized carbons (Fsp3) is 0.300. The number of halogens is 1. The molecule has 2 rings (SSSR count). The first kappa shape index (κ1) is 19.4. The van der Waals surface area contributed by atoms with E-state index in [1.165, 1.54) is 12.1 Å². The SMILES string of the molecule is CCCCOc1ccc(NC(=O)C(=O)NCCc2ccccc2)cc1F. The Morgan fingerprint density at radius 2 is 1.85 bits per heavy atom. The Hall–Kier alpha value is -2.89. The molecule has 0 aliphatic heterocycles. The smallest absolute Gasteiger partial charge is 0.313 e. The summed E-state index contributed by atoms with van der Waals surface area (Å²) in [6.45, 7) is 2.79. The van der Waals surface area contributed by atoms with Gasteiger partial charge in [-0.05, 0) is 30.5 Å². The van der Waals surface area contributed by atoms with Gasteiger partial charge in [-0.25, -0.2) is 4.39 Å². The predicted octanol–water partition coefficient (Wildman–Crippen LogP) is 3.30. The second-order valence-electron chi connectivity index (χ2n) is 5.79. The summed E-state index contributed by atoms with van der Waals surface area (Å²) in [6.07, 6.45) is 2.41. The molecule has 0 radical (unpaired) electrons. The second kappa shape index (κ2) is 10.2. The van der Waals surface area contributed by atoms with Gasteiger partial charge in [-0.15, -0.1) is 0 Å². The Kier molecular flexibility index (Phi) is 7.61. The van der Waals surface area contributed by atoms with Crippen molar-refractivity contribution in [2.75, 3.05) is 18.5 Å². The predicted molar refractivity (Wildman–Crippen MR) is 98.6 cm³/mol. The number of hydrogen-bond donors (Lipinski definition) is 2. The Balaban J connectivity index is 1.80. The van der Waals surface area contributed by atoms with E-state index in [-0.39, 0.29) is 11.4 Å². The zero-order chi connectivity index (χ0) is 18.8. The van der Waals surface area contributed by atoms with Crippen LogP contribution in [0.3, 0.4) is 0 Å². The summed E-state index contributed by atoms with van der Waals surface area (Å²) < 4.78 is 19.3. The van der Waals surface area contributed by atoms with E-state index in [0.29, 0.717) is 19.6 Å². The fourth-order valence-electron chi connectivity index (χ4n) is 2.26. The molecule has 0 saturated carbocycles. The molecule has 0 unspecified atom stereocenters. The summed E-state index contributed by atoms with van der Waals surface area (Å²) in [6, 6.07) is 13.7. The number of unbranched alkanes of at least 4 members (excludes halogenated alkanes) is 1. The fourth-order valence-corrected chi connectivity index (χ4v) is 2.26. The van der Waals surface area contributed by atoms with Gasteiger partial charge in [-0.3, -0.25) is 9.59 Å². The summed E-state index contributed by atoms with van der Waals surface area (Å²) in [7, 11) is 0. The molecule has 2 N–H and O–H groups in total. The average Bonchev–Trinajstić information content (AvgIpc) is 2.64. The minimum Gasteiger partial charge on any atom is -0.491 e. The maximum absolute atomic E-state index is 13.9. The summed E-state index contributed by atoms with van der Waals surface area (Å²) >= 11 is 0. The quantitative estimate of drug-likeness (QED) is 0.562. The molecule has 2 amide bonds. The molecule has 5 nitrogen and oxygen atoms in total. The van der Waals surface area contributed by atoms with Crippen LogP contribution < -0.4 is 15.4 Å². The minimum atomic E-state index is -0.836. The Labute approximate surface area is 152 Å². The van der Waals surface area contributed by atoms with Gasteiger partial charge in [0, 0.05) is 18.3 Å². The lowest BCUT2D eigenvalue weighted by atomic mass is 10.1. The molecule has 0 fully saturated rings. The van der Waals surface area contributed by atoms with Gasteiger partial charge in [0.2, 0.25) is 0 Å². The molecule has 0 aromatic heterocycles. The van der Waals surface area contributed by atoms with Gasteiger partial charge in [-0.1, -0.05) is 43.7 Å². The third-order valence-corrected chi connectivity index (χ3v) is 3.69. The van der Waals surface area contributed by atoms with Crippen molar-refractivity contribution in [3.8, 4) is 5.75 Å². The molecule has 26 heavy (non-hydrogen) atoms. The zero-order valence-electron chi connectivity index (χ0n) is 14.8. The number of carbonyl (C=O) groups excluding carboxylic acids is 2. The van der Waals surface area contributed by atoms with Crippen LogP contribution >= 0.6 is 0 Å². The van der Waals surface area contributed by atoms with Crippen LogP contribution in [0.4, 0.5) is 10.1 Å². The summed E-state index contributed by atoms with van der Waals surface area (Å²) in [5.74, 6) is -2.05. The number of nitrogens with one attached hydrogen (secondary N) is 2. The minimum absolute atomic E-state index is 0.128. The molecule has 0 bridgehead atoms. The van der Waals surface area contributed by atoms with E-state index in [9.17, 15) is 14.0 Å². The highest BCUT2D eigenvalue weighted by Crippen LogP contribution is 2.21. The van der Waals surface area contributed by atoms with Crippen LogP contribution in [0.1, 0.15) is 25.3 Å². The van der Waals surface area contributed by atoms with Crippen molar-refractivity contribution in [2.45, 2.75) is 26.2 Å².